The quantitative estimate of drug-likeness (QED) is 0.489. The number of halogens is 2. The van der Waals surface area contributed by atoms with Crippen molar-refractivity contribution in [1.29, 1.82) is 0 Å². The summed E-state index contributed by atoms with van der Waals surface area (Å²) in [7, 11) is -2.45. The summed E-state index contributed by atoms with van der Waals surface area (Å²) in [6.45, 7) is 1.64. The fourth-order valence-corrected chi connectivity index (χ4v) is 6.42. The molecule has 1 fully saturated rings. The molecule has 0 bridgehead atoms. The number of carbonyl (C=O) groups excluding carboxylic acids is 1. The molecule has 2 aromatic rings. The van der Waals surface area contributed by atoms with Gasteiger partial charge in [-0.25, -0.2) is 8.42 Å². The van der Waals surface area contributed by atoms with Crippen molar-refractivity contribution in [2.24, 2.45) is 0 Å². The van der Waals surface area contributed by atoms with Crippen molar-refractivity contribution in [3.05, 3.63) is 57.5 Å². The molecule has 174 valence electrons. The van der Waals surface area contributed by atoms with E-state index in [0.717, 1.165) is 42.1 Å². The Kier molecular flexibility index (Phi) is 8.61. The number of sulfonamides is 1. The zero-order valence-electron chi connectivity index (χ0n) is 18.2. The largest absolute Gasteiger partial charge is 0.495 e. The Morgan fingerprint density at radius 1 is 1.22 bits per heavy atom. The number of nitrogens with one attached hydrogen (secondary N) is 1. The Bertz CT molecular complexity index is 1060. The summed E-state index contributed by atoms with van der Waals surface area (Å²) in [5.74, 6) is 0.0571. The maximum Gasteiger partial charge on any atom is 0.243 e. The third-order valence-electron chi connectivity index (χ3n) is 5.74. The normalized spacial score (nSPS) is 16.0. The number of amides is 1. The highest BCUT2D eigenvalue weighted by atomic mass is 79.9. The lowest BCUT2D eigenvalue weighted by molar-refractivity contribution is -0.122. The smallest absolute Gasteiger partial charge is 0.243 e. The highest BCUT2D eigenvalue weighted by Crippen LogP contribution is 2.32. The number of rotatable bonds is 8. The van der Waals surface area contributed by atoms with Crippen LogP contribution in [-0.2, 0) is 14.8 Å². The first-order chi connectivity index (χ1) is 15.2. The summed E-state index contributed by atoms with van der Waals surface area (Å²) in [6.07, 6.45) is 4.42. The zero-order valence-corrected chi connectivity index (χ0v) is 21.3. The van der Waals surface area contributed by atoms with Crippen LogP contribution in [0.15, 0.2) is 51.8 Å². The molecule has 0 heterocycles. The molecular formula is C23H28BrClN2O4S. The fraction of sp³-hybridized carbons (Fsp3) is 0.435. The average molecular weight is 544 g/mol. The minimum absolute atomic E-state index is 0.0571. The molecule has 1 saturated carbocycles. The number of carbonyl (C=O) groups is 1. The fourth-order valence-electron chi connectivity index (χ4n) is 4.01. The summed E-state index contributed by atoms with van der Waals surface area (Å²) in [6, 6.07) is 11.6. The van der Waals surface area contributed by atoms with Gasteiger partial charge in [0.2, 0.25) is 15.9 Å². The second-order valence-electron chi connectivity index (χ2n) is 7.98. The molecular weight excluding hydrogens is 516 g/mol. The van der Waals surface area contributed by atoms with Gasteiger partial charge in [0.1, 0.15) is 5.75 Å². The maximum absolute atomic E-state index is 13.6. The minimum Gasteiger partial charge on any atom is -0.495 e. The lowest BCUT2D eigenvalue weighted by atomic mass is 9.95. The zero-order chi connectivity index (χ0) is 23.3. The Balaban J connectivity index is 1.84. The molecule has 3 rings (SSSR count). The van der Waals surface area contributed by atoms with Crippen molar-refractivity contribution in [2.75, 3.05) is 13.7 Å². The van der Waals surface area contributed by atoms with Crippen molar-refractivity contribution in [2.45, 2.75) is 56.0 Å². The molecule has 9 heteroatoms. The van der Waals surface area contributed by atoms with Gasteiger partial charge >= 0.3 is 0 Å². The molecule has 2 aromatic carbocycles. The minimum atomic E-state index is -3.93. The van der Waals surface area contributed by atoms with E-state index >= 15 is 0 Å². The lowest BCUT2D eigenvalue weighted by Crippen LogP contribution is -2.47. The van der Waals surface area contributed by atoms with E-state index < -0.39 is 10.0 Å². The van der Waals surface area contributed by atoms with Gasteiger partial charge in [-0.2, -0.15) is 4.31 Å². The van der Waals surface area contributed by atoms with Gasteiger partial charge in [-0.05, 0) is 55.7 Å². The van der Waals surface area contributed by atoms with Gasteiger partial charge in [-0.3, -0.25) is 4.79 Å². The molecule has 0 saturated heterocycles. The Morgan fingerprint density at radius 3 is 2.56 bits per heavy atom. The third kappa shape index (κ3) is 6.04. The van der Waals surface area contributed by atoms with Crippen LogP contribution in [0.5, 0.6) is 5.75 Å². The van der Waals surface area contributed by atoms with Crippen LogP contribution in [0.25, 0.3) is 0 Å². The predicted octanol–water partition coefficient (Wildman–Crippen LogP) is 5.31. The van der Waals surface area contributed by atoms with Gasteiger partial charge in [0.05, 0.1) is 29.6 Å². The first-order valence-corrected chi connectivity index (χ1v) is 13.2. The second kappa shape index (κ2) is 11.0. The molecule has 0 aliphatic heterocycles. The first kappa shape index (κ1) is 25.0. The Hall–Kier alpha value is -1.61. The highest BCUT2D eigenvalue weighted by Gasteiger charge is 2.34. The van der Waals surface area contributed by atoms with Gasteiger partial charge in [-0.15, -0.1) is 0 Å². The lowest BCUT2D eigenvalue weighted by Gasteiger charge is -2.33. The van der Waals surface area contributed by atoms with Crippen LogP contribution in [0.4, 0.5) is 0 Å². The van der Waals surface area contributed by atoms with Crippen LogP contribution in [0.2, 0.25) is 5.02 Å². The van der Waals surface area contributed by atoms with E-state index in [1.165, 1.54) is 29.6 Å². The SMILES string of the molecule is COc1ccc(S(=O)(=O)N(CC(=O)N[C@@H](C)c2cccc(Br)c2)C2CCCCC2)cc1Cl. The van der Waals surface area contributed by atoms with Crippen LogP contribution < -0.4 is 10.1 Å². The van der Waals surface area contributed by atoms with Gasteiger partial charge < -0.3 is 10.1 Å². The maximum atomic E-state index is 13.6. The molecule has 1 aliphatic rings. The number of hydrogen-bond donors (Lipinski definition) is 1. The van der Waals surface area contributed by atoms with Crippen molar-refractivity contribution in [3.63, 3.8) is 0 Å². The molecule has 1 amide bonds. The van der Waals surface area contributed by atoms with Crippen molar-refractivity contribution in [3.8, 4) is 5.75 Å². The summed E-state index contributed by atoms with van der Waals surface area (Å²) in [5, 5.41) is 3.15. The molecule has 0 unspecified atom stereocenters. The Morgan fingerprint density at radius 2 is 1.94 bits per heavy atom. The van der Waals surface area contributed by atoms with Crippen LogP contribution in [-0.4, -0.2) is 38.3 Å². The summed E-state index contributed by atoms with van der Waals surface area (Å²) in [4.78, 5) is 13.0. The number of methoxy groups -OCH3 is 1. The van der Waals surface area contributed by atoms with Gasteiger partial charge in [0, 0.05) is 10.5 Å². The molecule has 6 nitrogen and oxygen atoms in total. The van der Waals surface area contributed by atoms with Crippen molar-refractivity contribution < 1.29 is 17.9 Å². The average Bonchev–Trinajstić information content (AvgIpc) is 2.77. The molecule has 0 radical (unpaired) electrons. The van der Waals surface area contributed by atoms with Crippen molar-refractivity contribution >= 4 is 43.5 Å². The van der Waals surface area contributed by atoms with Crippen molar-refractivity contribution in [1.82, 2.24) is 9.62 Å². The molecule has 1 aliphatic carbocycles. The van der Waals surface area contributed by atoms with Crippen LogP contribution in [0, 0.1) is 0 Å². The van der Waals surface area contributed by atoms with E-state index in [2.05, 4.69) is 21.2 Å². The van der Waals surface area contributed by atoms with E-state index in [4.69, 9.17) is 16.3 Å². The summed E-state index contributed by atoms with van der Waals surface area (Å²) >= 11 is 9.63. The monoisotopic (exact) mass is 542 g/mol. The summed E-state index contributed by atoms with van der Waals surface area (Å²) in [5.41, 5.74) is 0.932. The van der Waals surface area contributed by atoms with Gasteiger partial charge in [-0.1, -0.05) is 58.9 Å². The molecule has 1 atom stereocenters. The van der Waals surface area contributed by atoms with E-state index in [0.29, 0.717) is 5.75 Å². The van der Waals surface area contributed by atoms with E-state index in [-0.39, 0.29) is 34.5 Å². The number of ether oxygens (including phenoxy) is 1. The number of benzene rings is 2. The van der Waals surface area contributed by atoms with E-state index in [1.807, 2.05) is 31.2 Å². The topological polar surface area (TPSA) is 75.7 Å². The van der Waals surface area contributed by atoms with Crippen LogP contribution in [0.1, 0.15) is 50.6 Å². The number of hydrogen-bond acceptors (Lipinski definition) is 4. The predicted molar refractivity (Wildman–Crippen MR) is 129 cm³/mol. The third-order valence-corrected chi connectivity index (χ3v) is 8.42. The van der Waals surface area contributed by atoms with E-state index in [9.17, 15) is 13.2 Å². The molecule has 32 heavy (non-hydrogen) atoms. The van der Waals surface area contributed by atoms with Gasteiger partial charge in [0.25, 0.3) is 0 Å². The van der Waals surface area contributed by atoms with E-state index in [1.54, 1.807) is 0 Å². The first-order valence-electron chi connectivity index (χ1n) is 10.6. The second-order valence-corrected chi connectivity index (χ2v) is 11.2. The highest BCUT2D eigenvalue weighted by molar-refractivity contribution is 9.10. The Labute approximate surface area is 203 Å². The molecule has 0 aromatic heterocycles. The molecule has 1 N–H and O–H groups in total. The standard InChI is InChI=1S/C23H28BrClN2O4S/c1-16(17-7-6-8-18(24)13-17)26-23(28)15-27(19-9-4-3-5-10-19)32(29,30)20-11-12-22(31-2)21(25)14-20/h6-8,11-14,16,19H,3-5,9-10,15H2,1-2H3,(H,26,28)/t16-/m0/s1. The molecule has 0 spiro atoms. The van der Waals surface area contributed by atoms with Gasteiger partial charge in [0.15, 0.2) is 0 Å². The van der Waals surface area contributed by atoms with Crippen LogP contribution in [0.3, 0.4) is 0 Å². The number of nitrogens with zero attached hydrogens (tertiary/aromatic N) is 1. The van der Waals surface area contributed by atoms with Crippen LogP contribution >= 0.6 is 27.5 Å². The summed E-state index contributed by atoms with van der Waals surface area (Å²) < 4.78 is 34.5.